The average molecular weight is 289 g/mol. The zero-order valence-corrected chi connectivity index (χ0v) is 11.9. The molecule has 1 aromatic heterocycles. The van der Waals surface area contributed by atoms with E-state index in [2.05, 4.69) is 5.32 Å². The summed E-state index contributed by atoms with van der Waals surface area (Å²) in [7, 11) is 0. The average Bonchev–Trinajstić information content (AvgIpc) is 2.71. The van der Waals surface area contributed by atoms with Gasteiger partial charge in [-0.05, 0) is 43.2 Å². The highest BCUT2D eigenvalue weighted by molar-refractivity contribution is 7.21. The molecule has 1 amide bonds. The first-order valence-corrected chi connectivity index (χ1v) is 7.39. The first kappa shape index (κ1) is 13.1. The smallest absolute Gasteiger partial charge is 0.329 e. The quantitative estimate of drug-likeness (QED) is 0.913. The highest BCUT2D eigenvalue weighted by Gasteiger charge is 2.46. The molecule has 0 radical (unpaired) electrons. The van der Waals surface area contributed by atoms with Crippen molar-refractivity contribution in [3.8, 4) is 0 Å². The van der Waals surface area contributed by atoms with Gasteiger partial charge in [0.1, 0.15) is 5.54 Å². The van der Waals surface area contributed by atoms with Gasteiger partial charge in [0.2, 0.25) is 0 Å². The van der Waals surface area contributed by atoms with Crippen LogP contribution in [0.25, 0.3) is 10.1 Å². The van der Waals surface area contributed by atoms with E-state index in [0.717, 1.165) is 22.1 Å². The van der Waals surface area contributed by atoms with Crippen molar-refractivity contribution in [3.63, 3.8) is 0 Å². The van der Waals surface area contributed by atoms with E-state index in [4.69, 9.17) is 0 Å². The summed E-state index contributed by atoms with van der Waals surface area (Å²) in [5.41, 5.74) is -0.136. The molecule has 20 heavy (non-hydrogen) atoms. The number of fused-ring (bicyclic) bond motifs is 1. The van der Waals surface area contributed by atoms with Crippen molar-refractivity contribution in [3.05, 3.63) is 34.7 Å². The lowest BCUT2D eigenvalue weighted by Crippen LogP contribution is -2.59. The van der Waals surface area contributed by atoms with Gasteiger partial charge in [0, 0.05) is 4.70 Å². The van der Waals surface area contributed by atoms with Crippen LogP contribution in [0.3, 0.4) is 0 Å². The number of carboxylic acids is 1. The van der Waals surface area contributed by atoms with Gasteiger partial charge in [-0.1, -0.05) is 18.2 Å². The number of carboxylic acid groups (broad SMARTS) is 1. The van der Waals surface area contributed by atoms with E-state index in [1.165, 1.54) is 11.3 Å². The maximum Gasteiger partial charge on any atom is 0.329 e. The Morgan fingerprint density at radius 1 is 1.30 bits per heavy atom. The fourth-order valence-electron chi connectivity index (χ4n) is 2.59. The van der Waals surface area contributed by atoms with Crippen LogP contribution in [0.4, 0.5) is 0 Å². The third kappa shape index (κ3) is 1.89. The number of aryl methyl sites for hydroxylation is 1. The fraction of sp³-hybridized carbons (Fsp3) is 0.333. The number of hydrogen-bond acceptors (Lipinski definition) is 3. The number of benzene rings is 1. The van der Waals surface area contributed by atoms with Gasteiger partial charge in [-0.2, -0.15) is 0 Å². The molecule has 3 rings (SSSR count). The normalized spacial score (nSPS) is 16.6. The van der Waals surface area contributed by atoms with E-state index in [1.54, 1.807) is 0 Å². The topological polar surface area (TPSA) is 66.4 Å². The van der Waals surface area contributed by atoms with Crippen LogP contribution < -0.4 is 5.32 Å². The van der Waals surface area contributed by atoms with Gasteiger partial charge in [-0.25, -0.2) is 4.79 Å². The number of hydrogen-bond donors (Lipinski definition) is 2. The number of carbonyl (C=O) groups is 2. The molecule has 5 heteroatoms. The number of amides is 1. The van der Waals surface area contributed by atoms with Crippen LogP contribution in [-0.2, 0) is 4.79 Å². The number of aliphatic carboxylic acids is 1. The number of thiophene rings is 1. The molecule has 2 aromatic rings. The van der Waals surface area contributed by atoms with Crippen molar-refractivity contribution in [1.29, 1.82) is 0 Å². The first-order valence-electron chi connectivity index (χ1n) is 6.57. The molecule has 2 N–H and O–H groups in total. The van der Waals surface area contributed by atoms with Gasteiger partial charge in [-0.15, -0.1) is 11.3 Å². The number of nitrogens with one attached hydrogen (secondary N) is 1. The van der Waals surface area contributed by atoms with Gasteiger partial charge >= 0.3 is 5.97 Å². The third-order valence-corrected chi connectivity index (χ3v) is 5.29. The fourth-order valence-corrected chi connectivity index (χ4v) is 3.69. The predicted octanol–water partition coefficient (Wildman–Crippen LogP) is 2.95. The van der Waals surface area contributed by atoms with Crippen LogP contribution in [0, 0.1) is 6.92 Å². The van der Waals surface area contributed by atoms with Crippen molar-refractivity contribution in [2.24, 2.45) is 0 Å². The van der Waals surface area contributed by atoms with Gasteiger partial charge in [0.25, 0.3) is 5.91 Å². The van der Waals surface area contributed by atoms with Crippen LogP contribution in [-0.4, -0.2) is 22.5 Å². The van der Waals surface area contributed by atoms with E-state index in [-0.39, 0.29) is 5.91 Å². The Morgan fingerprint density at radius 2 is 2.00 bits per heavy atom. The maximum atomic E-state index is 12.4. The van der Waals surface area contributed by atoms with Gasteiger partial charge in [0.15, 0.2) is 0 Å². The molecule has 0 spiro atoms. The van der Waals surface area contributed by atoms with E-state index < -0.39 is 11.5 Å². The Morgan fingerprint density at radius 3 is 2.55 bits per heavy atom. The van der Waals surface area contributed by atoms with E-state index in [0.29, 0.717) is 17.7 Å². The highest BCUT2D eigenvalue weighted by atomic mass is 32.1. The molecular formula is C15H15NO3S. The summed E-state index contributed by atoms with van der Waals surface area (Å²) < 4.78 is 1.05. The molecular weight excluding hydrogens is 274 g/mol. The van der Waals surface area contributed by atoms with Crippen LogP contribution in [0.5, 0.6) is 0 Å². The van der Waals surface area contributed by atoms with E-state index in [9.17, 15) is 14.7 Å². The molecule has 0 unspecified atom stereocenters. The molecule has 104 valence electrons. The second kappa shape index (κ2) is 4.59. The zero-order valence-electron chi connectivity index (χ0n) is 11.1. The zero-order chi connectivity index (χ0) is 14.3. The summed E-state index contributed by atoms with van der Waals surface area (Å²) in [6.07, 6.45) is 1.87. The molecule has 1 aliphatic rings. The second-order valence-electron chi connectivity index (χ2n) is 5.25. The van der Waals surface area contributed by atoms with Gasteiger partial charge < -0.3 is 10.4 Å². The lowest BCUT2D eigenvalue weighted by molar-refractivity contribution is -0.148. The maximum absolute atomic E-state index is 12.4. The van der Waals surface area contributed by atoms with Crippen LogP contribution in [0.2, 0.25) is 0 Å². The molecule has 1 heterocycles. The molecule has 0 saturated heterocycles. The van der Waals surface area contributed by atoms with Crippen molar-refractivity contribution < 1.29 is 14.7 Å². The Labute approximate surface area is 120 Å². The Balaban J connectivity index is 1.93. The Hall–Kier alpha value is -1.88. The van der Waals surface area contributed by atoms with Crippen LogP contribution in [0.15, 0.2) is 24.3 Å². The lowest BCUT2D eigenvalue weighted by Gasteiger charge is -2.38. The molecule has 1 aromatic carbocycles. The summed E-state index contributed by atoms with van der Waals surface area (Å²) in [6.45, 7) is 1.90. The summed E-state index contributed by atoms with van der Waals surface area (Å²) >= 11 is 1.41. The standard InChI is InChI=1S/C15H15NO3S/c1-9-10-5-2-3-6-11(10)20-12(9)13(17)16-15(14(18)19)7-4-8-15/h2-3,5-6H,4,7-8H2,1H3,(H,16,17)(H,18,19). The number of carbonyl (C=O) groups excluding carboxylic acids is 1. The van der Waals surface area contributed by atoms with Crippen molar-refractivity contribution in [1.82, 2.24) is 5.32 Å². The predicted molar refractivity (Wildman–Crippen MR) is 78.2 cm³/mol. The SMILES string of the molecule is Cc1c(C(=O)NC2(C(=O)O)CCC2)sc2ccccc12. The lowest BCUT2D eigenvalue weighted by atomic mass is 9.76. The van der Waals surface area contributed by atoms with Crippen LogP contribution >= 0.6 is 11.3 Å². The molecule has 4 nitrogen and oxygen atoms in total. The first-order chi connectivity index (χ1) is 9.53. The summed E-state index contributed by atoms with van der Waals surface area (Å²) in [6, 6.07) is 7.83. The molecule has 1 saturated carbocycles. The number of rotatable bonds is 3. The largest absolute Gasteiger partial charge is 0.480 e. The molecule has 0 bridgehead atoms. The van der Waals surface area contributed by atoms with Gasteiger partial charge in [0.05, 0.1) is 4.88 Å². The van der Waals surface area contributed by atoms with Gasteiger partial charge in [-0.3, -0.25) is 4.79 Å². The minimum Gasteiger partial charge on any atom is -0.480 e. The van der Waals surface area contributed by atoms with E-state index >= 15 is 0 Å². The van der Waals surface area contributed by atoms with E-state index in [1.807, 2.05) is 31.2 Å². The summed E-state index contributed by atoms with van der Waals surface area (Å²) in [5, 5.41) is 13.1. The molecule has 1 aliphatic carbocycles. The van der Waals surface area contributed by atoms with Crippen molar-refractivity contribution >= 4 is 33.3 Å². The minimum absolute atomic E-state index is 0.272. The minimum atomic E-state index is -1.06. The van der Waals surface area contributed by atoms with Crippen LogP contribution in [0.1, 0.15) is 34.5 Å². The molecule has 0 aliphatic heterocycles. The Kier molecular flexibility index (Phi) is 3.01. The highest BCUT2D eigenvalue weighted by Crippen LogP contribution is 2.35. The summed E-state index contributed by atoms with van der Waals surface area (Å²) in [5.74, 6) is -1.21. The van der Waals surface area contributed by atoms with Crippen molar-refractivity contribution in [2.75, 3.05) is 0 Å². The van der Waals surface area contributed by atoms with Crippen molar-refractivity contribution in [2.45, 2.75) is 31.7 Å². The Bertz CT molecular complexity index is 700. The summed E-state index contributed by atoms with van der Waals surface area (Å²) in [4.78, 5) is 24.3. The third-order valence-electron chi connectivity index (χ3n) is 4.02. The monoisotopic (exact) mass is 289 g/mol. The molecule has 0 atom stereocenters. The second-order valence-corrected chi connectivity index (χ2v) is 6.30. The molecule has 1 fully saturated rings.